The van der Waals surface area contributed by atoms with Gasteiger partial charge in [-0.05, 0) is 77.0 Å². The van der Waals surface area contributed by atoms with Gasteiger partial charge in [0.2, 0.25) is 12.7 Å². The summed E-state index contributed by atoms with van der Waals surface area (Å²) in [5.41, 5.74) is 1.61. The number of carbonyl (C=O) groups excluding carboxylic acids is 2. The summed E-state index contributed by atoms with van der Waals surface area (Å²) in [6.45, 7) is 0.612. The number of carbonyl (C=O) groups is 2. The van der Waals surface area contributed by atoms with Crippen LogP contribution in [-0.4, -0.2) is 34.4 Å². The van der Waals surface area contributed by atoms with Crippen LogP contribution in [0, 0.1) is 3.57 Å². The molecular weight excluding hydrogens is 535 g/mol. The van der Waals surface area contributed by atoms with Gasteiger partial charge in [0.15, 0.2) is 11.5 Å². The maximum absolute atomic E-state index is 12.7. The van der Waals surface area contributed by atoms with Gasteiger partial charge >= 0.3 is 0 Å². The Bertz CT molecular complexity index is 1040. The summed E-state index contributed by atoms with van der Waals surface area (Å²) in [4.78, 5) is 27.0. The molecule has 1 N–H and O–H groups in total. The smallest absolute Gasteiger partial charge is 0.266 e. The normalized spacial score (nSPS) is 16.4. The molecule has 4 rings (SSSR count). The van der Waals surface area contributed by atoms with Crippen molar-refractivity contribution < 1.29 is 19.1 Å². The number of ether oxygens (including phenoxy) is 2. The summed E-state index contributed by atoms with van der Waals surface area (Å²) < 4.78 is 12.3. The van der Waals surface area contributed by atoms with Gasteiger partial charge in [0.25, 0.3) is 5.91 Å². The van der Waals surface area contributed by atoms with E-state index >= 15 is 0 Å². The Hall–Kier alpha value is -2.11. The number of hydrogen-bond donors (Lipinski definition) is 1. The van der Waals surface area contributed by atoms with E-state index in [9.17, 15) is 9.59 Å². The fourth-order valence-electron chi connectivity index (χ4n) is 3.00. The molecule has 2 heterocycles. The van der Waals surface area contributed by atoms with Gasteiger partial charge in [-0.3, -0.25) is 14.5 Å². The molecule has 0 radical (unpaired) electrons. The highest BCUT2D eigenvalue weighted by atomic mass is 127. The quantitative estimate of drug-likeness (QED) is 0.320. The van der Waals surface area contributed by atoms with Crippen LogP contribution in [-0.2, 0) is 9.59 Å². The molecule has 154 valence electrons. The topological polar surface area (TPSA) is 67.9 Å². The monoisotopic (exact) mass is 552 g/mol. The first kappa shape index (κ1) is 21.1. The maximum atomic E-state index is 12.7. The van der Waals surface area contributed by atoms with Gasteiger partial charge in [0.05, 0.1) is 4.91 Å². The second-order valence-corrected chi connectivity index (χ2v) is 9.53. The number of anilines is 1. The molecular formula is C21H17IN2O4S2. The van der Waals surface area contributed by atoms with Gasteiger partial charge in [0, 0.05) is 22.2 Å². The fraction of sp³-hybridized carbons (Fsp3) is 0.190. The molecule has 1 fully saturated rings. The lowest BCUT2D eigenvalue weighted by atomic mass is 10.2. The van der Waals surface area contributed by atoms with E-state index in [0.29, 0.717) is 40.1 Å². The van der Waals surface area contributed by atoms with E-state index in [0.717, 1.165) is 14.8 Å². The van der Waals surface area contributed by atoms with E-state index in [1.165, 1.54) is 11.8 Å². The lowest BCUT2D eigenvalue weighted by molar-refractivity contribution is -0.122. The summed E-state index contributed by atoms with van der Waals surface area (Å²) in [7, 11) is 0. The van der Waals surface area contributed by atoms with E-state index in [-0.39, 0.29) is 18.6 Å². The lowest BCUT2D eigenvalue weighted by Crippen LogP contribution is -2.29. The van der Waals surface area contributed by atoms with E-state index in [4.69, 9.17) is 21.7 Å². The Kier molecular flexibility index (Phi) is 6.59. The number of fused-ring (bicyclic) bond motifs is 1. The van der Waals surface area contributed by atoms with Crippen molar-refractivity contribution in [2.24, 2.45) is 0 Å². The average Bonchev–Trinajstić information content (AvgIpc) is 3.29. The van der Waals surface area contributed by atoms with Crippen molar-refractivity contribution in [2.75, 3.05) is 18.7 Å². The van der Waals surface area contributed by atoms with E-state index in [1.807, 2.05) is 42.5 Å². The Balaban J connectivity index is 1.32. The second-order valence-electron chi connectivity index (χ2n) is 6.60. The van der Waals surface area contributed by atoms with Crippen LogP contribution in [0.25, 0.3) is 6.08 Å². The number of amides is 2. The van der Waals surface area contributed by atoms with Gasteiger partial charge in [0.1, 0.15) is 4.32 Å². The first-order chi connectivity index (χ1) is 14.5. The molecule has 2 amide bonds. The van der Waals surface area contributed by atoms with Crippen LogP contribution in [0.5, 0.6) is 11.5 Å². The van der Waals surface area contributed by atoms with Gasteiger partial charge < -0.3 is 14.8 Å². The van der Waals surface area contributed by atoms with Gasteiger partial charge in [-0.15, -0.1) is 0 Å². The van der Waals surface area contributed by atoms with Gasteiger partial charge in [-0.1, -0.05) is 30.0 Å². The standard InChI is InChI=1S/C21H17IN2O4S2/c22-14-4-6-15(7-5-14)23-19(25)2-1-9-24-20(26)18(30-21(24)29)11-13-3-8-16-17(10-13)28-12-27-16/h3-8,10-11H,1-2,9,12H2,(H,23,25)/b18-11-. The zero-order valence-electron chi connectivity index (χ0n) is 15.7. The molecule has 2 aliphatic heterocycles. The first-order valence-electron chi connectivity index (χ1n) is 9.20. The minimum atomic E-state index is -0.138. The number of nitrogens with one attached hydrogen (secondary N) is 1. The van der Waals surface area contributed by atoms with Gasteiger partial charge in [-0.2, -0.15) is 0 Å². The van der Waals surface area contributed by atoms with Crippen molar-refractivity contribution in [2.45, 2.75) is 12.8 Å². The Morgan fingerprint density at radius 2 is 1.97 bits per heavy atom. The van der Waals surface area contributed by atoms with Crippen molar-refractivity contribution in [3.63, 3.8) is 0 Å². The SMILES string of the molecule is O=C(CCCN1C(=O)/C(=C/c2ccc3c(c2)OCO3)SC1=S)Nc1ccc(I)cc1. The van der Waals surface area contributed by atoms with E-state index in [1.54, 1.807) is 11.0 Å². The van der Waals surface area contributed by atoms with Crippen LogP contribution in [0.15, 0.2) is 47.4 Å². The third-order valence-electron chi connectivity index (χ3n) is 4.48. The molecule has 30 heavy (non-hydrogen) atoms. The lowest BCUT2D eigenvalue weighted by Gasteiger charge is -2.14. The fourth-order valence-corrected chi connectivity index (χ4v) is 4.67. The van der Waals surface area contributed by atoms with Crippen LogP contribution in [0.3, 0.4) is 0 Å². The maximum Gasteiger partial charge on any atom is 0.266 e. The summed E-state index contributed by atoms with van der Waals surface area (Å²) in [5, 5.41) is 2.86. The molecule has 9 heteroatoms. The molecule has 0 spiro atoms. The molecule has 2 aliphatic rings. The minimum Gasteiger partial charge on any atom is -0.454 e. The Morgan fingerprint density at radius 3 is 2.77 bits per heavy atom. The number of thioether (sulfide) groups is 1. The molecule has 1 saturated heterocycles. The highest BCUT2D eigenvalue weighted by Gasteiger charge is 2.31. The molecule has 0 atom stereocenters. The second kappa shape index (κ2) is 9.36. The molecule has 0 aromatic heterocycles. The molecule has 0 aliphatic carbocycles. The number of benzene rings is 2. The number of thiocarbonyl (C=S) groups is 1. The molecule has 2 aromatic carbocycles. The summed E-state index contributed by atoms with van der Waals surface area (Å²) in [6.07, 6.45) is 2.63. The molecule has 6 nitrogen and oxygen atoms in total. The Labute approximate surface area is 197 Å². The summed E-state index contributed by atoms with van der Waals surface area (Å²) in [5.74, 6) is 1.14. The predicted octanol–water partition coefficient (Wildman–Crippen LogP) is 4.64. The number of nitrogens with zero attached hydrogens (tertiary/aromatic N) is 1. The van der Waals surface area contributed by atoms with Gasteiger partial charge in [-0.25, -0.2) is 0 Å². The zero-order valence-corrected chi connectivity index (χ0v) is 19.5. The molecule has 2 aromatic rings. The van der Waals surface area contributed by atoms with E-state index in [2.05, 4.69) is 27.9 Å². The van der Waals surface area contributed by atoms with Crippen LogP contribution in [0.4, 0.5) is 5.69 Å². The van der Waals surface area contributed by atoms with Crippen molar-refractivity contribution in [3.8, 4) is 11.5 Å². The van der Waals surface area contributed by atoms with E-state index < -0.39 is 0 Å². The van der Waals surface area contributed by atoms with Crippen LogP contribution < -0.4 is 14.8 Å². The molecule has 0 unspecified atom stereocenters. The van der Waals surface area contributed by atoms with Crippen LogP contribution in [0.1, 0.15) is 18.4 Å². The predicted molar refractivity (Wildman–Crippen MR) is 129 cm³/mol. The first-order valence-corrected chi connectivity index (χ1v) is 11.5. The molecule has 0 saturated carbocycles. The summed E-state index contributed by atoms with van der Waals surface area (Å²) in [6, 6.07) is 13.1. The Morgan fingerprint density at radius 1 is 1.20 bits per heavy atom. The minimum absolute atomic E-state index is 0.0856. The number of hydrogen-bond acceptors (Lipinski definition) is 6. The third-order valence-corrected chi connectivity index (χ3v) is 6.58. The number of halogens is 1. The van der Waals surface area contributed by atoms with Crippen molar-refractivity contribution in [1.29, 1.82) is 0 Å². The highest BCUT2D eigenvalue weighted by molar-refractivity contribution is 14.1. The van der Waals surface area contributed by atoms with Crippen molar-refractivity contribution in [1.82, 2.24) is 4.90 Å². The highest BCUT2D eigenvalue weighted by Crippen LogP contribution is 2.36. The van der Waals surface area contributed by atoms with Crippen molar-refractivity contribution >= 4 is 74.5 Å². The number of rotatable bonds is 6. The third kappa shape index (κ3) is 4.96. The largest absolute Gasteiger partial charge is 0.454 e. The van der Waals surface area contributed by atoms with Crippen LogP contribution >= 0.6 is 46.6 Å². The summed E-state index contributed by atoms with van der Waals surface area (Å²) >= 11 is 8.85. The molecule has 0 bridgehead atoms. The van der Waals surface area contributed by atoms with Crippen molar-refractivity contribution in [3.05, 3.63) is 56.5 Å². The van der Waals surface area contributed by atoms with Crippen LogP contribution in [0.2, 0.25) is 0 Å². The zero-order chi connectivity index (χ0) is 21.1. The average molecular weight is 552 g/mol.